The summed E-state index contributed by atoms with van der Waals surface area (Å²) in [5.41, 5.74) is 1.66. The molecule has 0 aliphatic carbocycles. The van der Waals surface area contributed by atoms with Gasteiger partial charge in [-0.1, -0.05) is 12.1 Å². The highest BCUT2D eigenvalue weighted by Gasteiger charge is 2.04. The van der Waals surface area contributed by atoms with Crippen LogP contribution in [0.1, 0.15) is 5.56 Å². The molecule has 0 aliphatic rings. The molecule has 3 aromatic rings. The Morgan fingerprint density at radius 1 is 1.22 bits per heavy atom. The number of halogens is 1. The number of hydrogen-bond donors (Lipinski definition) is 1. The number of nitrogens with zero attached hydrogens (tertiary/aromatic N) is 1. The molecule has 0 aliphatic heterocycles. The van der Waals surface area contributed by atoms with Crippen molar-refractivity contribution < 1.29 is 8.81 Å². The van der Waals surface area contributed by atoms with Gasteiger partial charge in [0.15, 0.2) is 0 Å². The van der Waals surface area contributed by atoms with Crippen molar-refractivity contribution in [3.63, 3.8) is 0 Å². The largest absolute Gasteiger partial charge is 0.464 e. The summed E-state index contributed by atoms with van der Waals surface area (Å²) < 4.78 is 18.3. The van der Waals surface area contributed by atoms with Crippen molar-refractivity contribution in [3.8, 4) is 0 Å². The van der Waals surface area contributed by atoms with E-state index in [1.54, 1.807) is 18.5 Å². The van der Waals surface area contributed by atoms with Crippen molar-refractivity contribution in [1.29, 1.82) is 0 Å². The zero-order valence-electron chi connectivity index (χ0n) is 9.56. The molecule has 0 spiro atoms. The first-order valence-electron chi connectivity index (χ1n) is 5.63. The van der Waals surface area contributed by atoms with Gasteiger partial charge in [0.05, 0.1) is 11.6 Å². The van der Waals surface area contributed by atoms with Gasteiger partial charge in [0.1, 0.15) is 17.2 Å². The zero-order valence-corrected chi connectivity index (χ0v) is 9.56. The van der Waals surface area contributed by atoms with Crippen molar-refractivity contribution in [2.75, 3.05) is 5.32 Å². The maximum absolute atomic E-state index is 13.0. The molecule has 0 bridgehead atoms. The van der Waals surface area contributed by atoms with Gasteiger partial charge in [-0.3, -0.25) is 0 Å². The minimum absolute atomic E-state index is 0.233. The molecule has 0 unspecified atom stereocenters. The fourth-order valence-corrected chi connectivity index (χ4v) is 1.87. The number of nitrogens with one attached hydrogen (secondary N) is 1. The Morgan fingerprint density at radius 3 is 3.06 bits per heavy atom. The number of anilines is 1. The van der Waals surface area contributed by atoms with Gasteiger partial charge in [-0.2, -0.15) is 0 Å². The Balaban J connectivity index is 1.83. The van der Waals surface area contributed by atoms with E-state index in [4.69, 9.17) is 4.42 Å². The molecule has 0 saturated heterocycles. The zero-order chi connectivity index (χ0) is 12.4. The van der Waals surface area contributed by atoms with E-state index in [-0.39, 0.29) is 5.82 Å². The summed E-state index contributed by atoms with van der Waals surface area (Å²) in [4.78, 5) is 4.25. The molecule has 0 fully saturated rings. The molecule has 3 nitrogen and oxygen atoms in total. The highest BCUT2D eigenvalue weighted by molar-refractivity contribution is 5.87. The van der Waals surface area contributed by atoms with Gasteiger partial charge in [0.2, 0.25) is 0 Å². The number of aromatic nitrogens is 1. The first kappa shape index (κ1) is 10.8. The number of rotatable bonds is 3. The normalized spacial score (nSPS) is 10.7. The summed E-state index contributed by atoms with van der Waals surface area (Å²) in [5, 5.41) is 4.10. The Kier molecular flexibility index (Phi) is 2.68. The number of benzene rings is 1. The van der Waals surface area contributed by atoms with Crippen LogP contribution in [-0.4, -0.2) is 4.98 Å². The second-order valence-corrected chi connectivity index (χ2v) is 3.98. The summed E-state index contributed by atoms with van der Waals surface area (Å²) in [6, 6.07) is 10.2. The van der Waals surface area contributed by atoms with Crippen molar-refractivity contribution >= 4 is 16.8 Å². The molecular weight excluding hydrogens is 231 g/mol. The predicted molar refractivity (Wildman–Crippen MR) is 67.7 cm³/mol. The number of pyridine rings is 1. The Morgan fingerprint density at radius 2 is 2.17 bits per heavy atom. The average molecular weight is 242 g/mol. The van der Waals surface area contributed by atoms with E-state index >= 15 is 0 Å². The fourth-order valence-electron chi connectivity index (χ4n) is 1.87. The van der Waals surface area contributed by atoms with Crippen LogP contribution in [0.5, 0.6) is 0 Å². The maximum atomic E-state index is 13.0. The molecule has 2 heterocycles. The van der Waals surface area contributed by atoms with Crippen molar-refractivity contribution in [2.45, 2.75) is 6.54 Å². The third kappa shape index (κ3) is 2.05. The number of hydrogen-bond acceptors (Lipinski definition) is 3. The Bertz CT molecular complexity index is 678. The summed E-state index contributed by atoms with van der Waals surface area (Å²) >= 11 is 0. The lowest BCUT2D eigenvalue weighted by molar-refractivity contribution is 0.615. The van der Waals surface area contributed by atoms with Crippen molar-refractivity contribution in [2.24, 2.45) is 0 Å². The molecule has 18 heavy (non-hydrogen) atoms. The monoisotopic (exact) mass is 242 g/mol. The molecule has 3 rings (SSSR count). The minimum atomic E-state index is -0.233. The van der Waals surface area contributed by atoms with Gasteiger partial charge in [0.25, 0.3) is 0 Å². The van der Waals surface area contributed by atoms with Crippen LogP contribution >= 0.6 is 0 Å². The fraction of sp³-hybridized carbons (Fsp3) is 0.0714. The van der Waals surface area contributed by atoms with Crippen LogP contribution in [-0.2, 0) is 6.54 Å². The molecule has 0 radical (unpaired) electrons. The van der Waals surface area contributed by atoms with E-state index in [9.17, 15) is 4.39 Å². The lowest BCUT2D eigenvalue weighted by Crippen LogP contribution is -2.01. The maximum Gasteiger partial charge on any atom is 0.139 e. The Hall–Kier alpha value is -2.36. The van der Waals surface area contributed by atoms with E-state index in [1.165, 1.54) is 12.1 Å². The molecule has 0 saturated carbocycles. The lowest BCUT2D eigenvalue weighted by Gasteiger charge is -2.06. The van der Waals surface area contributed by atoms with Gasteiger partial charge in [0, 0.05) is 12.7 Å². The van der Waals surface area contributed by atoms with E-state index in [1.807, 2.05) is 18.2 Å². The summed E-state index contributed by atoms with van der Waals surface area (Å²) in [6.45, 7) is 0.523. The summed E-state index contributed by atoms with van der Waals surface area (Å²) in [6.07, 6.45) is 3.31. The highest BCUT2D eigenvalue weighted by Crippen LogP contribution is 2.22. The smallest absolute Gasteiger partial charge is 0.139 e. The summed E-state index contributed by atoms with van der Waals surface area (Å²) in [5.74, 6) is 0.509. The van der Waals surface area contributed by atoms with Gasteiger partial charge in [-0.15, -0.1) is 0 Å². The second-order valence-electron chi connectivity index (χ2n) is 3.98. The van der Waals surface area contributed by atoms with Gasteiger partial charge in [-0.05, 0) is 29.8 Å². The van der Waals surface area contributed by atoms with Crippen LogP contribution in [0.4, 0.5) is 10.2 Å². The van der Waals surface area contributed by atoms with Crippen LogP contribution in [0.25, 0.3) is 11.0 Å². The van der Waals surface area contributed by atoms with E-state index < -0.39 is 0 Å². The quantitative estimate of drug-likeness (QED) is 0.762. The van der Waals surface area contributed by atoms with Crippen LogP contribution in [0.2, 0.25) is 0 Å². The third-order valence-corrected chi connectivity index (χ3v) is 2.73. The lowest BCUT2D eigenvalue weighted by atomic mass is 10.2. The second kappa shape index (κ2) is 4.49. The topological polar surface area (TPSA) is 38.1 Å². The van der Waals surface area contributed by atoms with Gasteiger partial charge >= 0.3 is 0 Å². The number of furan rings is 1. The van der Waals surface area contributed by atoms with Crippen LogP contribution < -0.4 is 5.32 Å². The highest BCUT2D eigenvalue weighted by atomic mass is 19.1. The summed E-state index contributed by atoms with van der Waals surface area (Å²) in [7, 11) is 0. The first-order valence-corrected chi connectivity index (χ1v) is 5.63. The van der Waals surface area contributed by atoms with E-state index in [2.05, 4.69) is 10.3 Å². The molecule has 1 aromatic carbocycles. The van der Waals surface area contributed by atoms with Gasteiger partial charge in [-0.25, -0.2) is 9.37 Å². The molecule has 90 valence electrons. The first-order chi connectivity index (χ1) is 8.83. The molecular formula is C14H11FN2O. The standard InChI is InChI=1S/C14H11FN2O/c15-11-3-1-2-10(8-11)9-17-14-12-5-7-18-13(12)4-6-16-14/h1-8H,9H2,(H,16,17). The van der Waals surface area contributed by atoms with Crippen LogP contribution in [0.3, 0.4) is 0 Å². The van der Waals surface area contributed by atoms with E-state index in [0.717, 1.165) is 22.4 Å². The molecule has 0 amide bonds. The SMILES string of the molecule is Fc1cccc(CNc2nccc3occc23)c1. The van der Waals surface area contributed by atoms with E-state index in [0.29, 0.717) is 6.54 Å². The van der Waals surface area contributed by atoms with Crippen LogP contribution in [0.15, 0.2) is 53.3 Å². The molecule has 1 N–H and O–H groups in total. The van der Waals surface area contributed by atoms with Gasteiger partial charge < -0.3 is 9.73 Å². The number of fused-ring (bicyclic) bond motifs is 1. The molecule has 4 heteroatoms. The minimum Gasteiger partial charge on any atom is -0.464 e. The predicted octanol–water partition coefficient (Wildman–Crippen LogP) is 3.58. The molecule has 2 aromatic heterocycles. The van der Waals surface area contributed by atoms with Crippen LogP contribution in [0, 0.1) is 5.82 Å². The Labute approximate surface area is 103 Å². The molecule has 0 atom stereocenters. The average Bonchev–Trinajstić information content (AvgIpc) is 2.85. The van der Waals surface area contributed by atoms with Crippen molar-refractivity contribution in [1.82, 2.24) is 4.98 Å². The van der Waals surface area contributed by atoms with Crippen molar-refractivity contribution in [3.05, 3.63) is 60.2 Å². The third-order valence-electron chi connectivity index (χ3n) is 2.73.